The Balaban J connectivity index is 1.37. The molecule has 2 aromatic carbocycles. The Bertz CT molecular complexity index is 1230. The highest BCUT2D eigenvalue weighted by atomic mass is 16.4. The van der Waals surface area contributed by atoms with E-state index in [1.165, 1.54) is 4.57 Å². The summed E-state index contributed by atoms with van der Waals surface area (Å²) in [6.45, 7) is -0.139. The number of rotatable bonds is 5. The SMILES string of the molecule is O=C(Cn1c(=O)oc2ccccc21)Nc1cccc(-c2nnnn2C2CC2)c1. The minimum absolute atomic E-state index is 0.139. The Kier molecular flexibility index (Phi) is 3.78. The van der Waals surface area contributed by atoms with Crippen LogP contribution < -0.4 is 11.1 Å². The molecule has 2 heterocycles. The maximum absolute atomic E-state index is 12.5. The lowest BCUT2D eigenvalue weighted by Crippen LogP contribution is -2.24. The third-order valence-corrected chi connectivity index (χ3v) is 4.67. The molecule has 0 radical (unpaired) electrons. The minimum Gasteiger partial charge on any atom is -0.408 e. The molecule has 0 aliphatic heterocycles. The molecule has 0 unspecified atom stereocenters. The van der Waals surface area contributed by atoms with E-state index in [1.54, 1.807) is 30.3 Å². The molecule has 1 N–H and O–H groups in total. The van der Waals surface area contributed by atoms with E-state index in [4.69, 9.17) is 4.42 Å². The second-order valence-corrected chi connectivity index (χ2v) is 6.73. The molecular weight excluding hydrogens is 360 g/mol. The van der Waals surface area contributed by atoms with Crippen LogP contribution in [0.5, 0.6) is 0 Å². The highest BCUT2D eigenvalue weighted by Gasteiger charge is 2.28. The fourth-order valence-electron chi connectivity index (χ4n) is 3.19. The summed E-state index contributed by atoms with van der Waals surface area (Å²) >= 11 is 0. The number of amides is 1. The lowest BCUT2D eigenvalue weighted by atomic mass is 10.2. The number of nitrogens with one attached hydrogen (secondary N) is 1. The topological polar surface area (TPSA) is 108 Å². The smallest absolute Gasteiger partial charge is 0.408 e. The number of hydrogen-bond donors (Lipinski definition) is 1. The lowest BCUT2D eigenvalue weighted by Gasteiger charge is -2.08. The van der Waals surface area contributed by atoms with Crippen molar-refractivity contribution in [3.8, 4) is 11.4 Å². The first-order chi connectivity index (χ1) is 13.7. The van der Waals surface area contributed by atoms with E-state index < -0.39 is 5.76 Å². The zero-order valence-corrected chi connectivity index (χ0v) is 14.8. The van der Waals surface area contributed by atoms with E-state index in [2.05, 4.69) is 20.8 Å². The van der Waals surface area contributed by atoms with Gasteiger partial charge in [-0.1, -0.05) is 24.3 Å². The number of nitrogens with zero attached hydrogens (tertiary/aromatic N) is 5. The van der Waals surface area contributed by atoms with Gasteiger partial charge in [-0.25, -0.2) is 9.48 Å². The maximum Gasteiger partial charge on any atom is 0.420 e. The van der Waals surface area contributed by atoms with Crippen LogP contribution in [0.3, 0.4) is 0 Å². The molecule has 0 spiro atoms. The lowest BCUT2D eigenvalue weighted by molar-refractivity contribution is -0.116. The maximum atomic E-state index is 12.5. The van der Waals surface area contributed by atoms with Gasteiger partial charge >= 0.3 is 5.76 Å². The summed E-state index contributed by atoms with van der Waals surface area (Å²) in [4.78, 5) is 24.5. The largest absolute Gasteiger partial charge is 0.420 e. The number of benzene rings is 2. The fraction of sp³-hybridized carbons (Fsp3) is 0.211. The molecular formula is C19H16N6O3. The van der Waals surface area contributed by atoms with E-state index >= 15 is 0 Å². The van der Waals surface area contributed by atoms with Crippen molar-refractivity contribution in [3.63, 3.8) is 0 Å². The Morgan fingerprint density at radius 1 is 1.18 bits per heavy atom. The average molecular weight is 376 g/mol. The number of tetrazole rings is 1. The summed E-state index contributed by atoms with van der Waals surface area (Å²) in [5, 5.41) is 14.7. The van der Waals surface area contributed by atoms with Crippen LogP contribution in [-0.4, -0.2) is 30.7 Å². The molecule has 9 heteroatoms. The van der Waals surface area contributed by atoms with Crippen molar-refractivity contribution in [2.45, 2.75) is 25.4 Å². The summed E-state index contributed by atoms with van der Waals surface area (Å²) in [6.07, 6.45) is 2.14. The van der Waals surface area contributed by atoms with Gasteiger partial charge in [0.1, 0.15) is 6.54 Å². The second-order valence-electron chi connectivity index (χ2n) is 6.73. The molecule has 1 amide bonds. The van der Waals surface area contributed by atoms with Crippen molar-refractivity contribution in [3.05, 3.63) is 59.1 Å². The van der Waals surface area contributed by atoms with Crippen LogP contribution in [0, 0.1) is 0 Å². The Hall–Kier alpha value is -3.75. The monoisotopic (exact) mass is 376 g/mol. The van der Waals surface area contributed by atoms with Gasteiger partial charge in [0.15, 0.2) is 11.4 Å². The normalized spacial score (nSPS) is 13.7. The second kappa shape index (κ2) is 6.45. The quantitative estimate of drug-likeness (QED) is 0.572. The van der Waals surface area contributed by atoms with Gasteiger partial charge in [-0.2, -0.15) is 0 Å². The van der Waals surface area contributed by atoms with Crippen LogP contribution in [0.4, 0.5) is 5.69 Å². The summed E-state index contributed by atoms with van der Waals surface area (Å²) in [5.74, 6) is -0.211. The highest BCUT2D eigenvalue weighted by Crippen LogP contribution is 2.36. The van der Waals surface area contributed by atoms with E-state index in [0.717, 1.165) is 18.4 Å². The third-order valence-electron chi connectivity index (χ3n) is 4.67. The molecule has 28 heavy (non-hydrogen) atoms. The zero-order chi connectivity index (χ0) is 19.1. The molecule has 1 aliphatic carbocycles. The summed E-state index contributed by atoms with van der Waals surface area (Å²) in [5.41, 5.74) is 2.46. The molecule has 1 aliphatic rings. The van der Waals surface area contributed by atoms with Crippen molar-refractivity contribution in [2.24, 2.45) is 0 Å². The molecule has 140 valence electrons. The number of oxazole rings is 1. The Morgan fingerprint density at radius 3 is 2.89 bits per heavy atom. The predicted octanol–water partition coefficient (Wildman–Crippen LogP) is 2.22. The van der Waals surface area contributed by atoms with Gasteiger partial charge in [0.2, 0.25) is 5.91 Å². The molecule has 0 saturated heterocycles. The summed E-state index contributed by atoms with van der Waals surface area (Å²) < 4.78 is 8.29. The van der Waals surface area contributed by atoms with Crippen molar-refractivity contribution in [2.75, 3.05) is 5.32 Å². The molecule has 2 aromatic heterocycles. The number of aromatic nitrogens is 5. The van der Waals surface area contributed by atoms with Gasteiger partial charge in [-0.3, -0.25) is 9.36 Å². The van der Waals surface area contributed by atoms with Crippen molar-refractivity contribution in [1.29, 1.82) is 0 Å². The molecule has 1 fully saturated rings. The first kappa shape index (κ1) is 16.4. The standard InChI is InChI=1S/C19H16N6O3/c26-17(11-24-15-6-1-2-7-16(15)28-19(24)27)20-13-5-3-4-12(10-13)18-21-22-23-25(18)14-8-9-14/h1-7,10,14H,8-9,11H2,(H,20,26). The van der Waals surface area contributed by atoms with Crippen LogP contribution in [0.25, 0.3) is 22.5 Å². The minimum atomic E-state index is -0.561. The number of hydrogen-bond acceptors (Lipinski definition) is 6. The first-order valence-electron chi connectivity index (χ1n) is 8.95. The van der Waals surface area contributed by atoms with E-state index in [-0.39, 0.29) is 12.5 Å². The van der Waals surface area contributed by atoms with Gasteiger partial charge < -0.3 is 9.73 Å². The van der Waals surface area contributed by atoms with Crippen LogP contribution >= 0.6 is 0 Å². The molecule has 1 saturated carbocycles. The highest BCUT2D eigenvalue weighted by molar-refractivity contribution is 5.92. The summed E-state index contributed by atoms with van der Waals surface area (Å²) in [6, 6.07) is 14.7. The fourth-order valence-corrected chi connectivity index (χ4v) is 3.19. The summed E-state index contributed by atoms with van der Waals surface area (Å²) in [7, 11) is 0. The first-order valence-corrected chi connectivity index (χ1v) is 8.95. The molecule has 9 nitrogen and oxygen atoms in total. The number of carbonyl (C=O) groups excluding carboxylic acids is 1. The van der Waals surface area contributed by atoms with Crippen LogP contribution in [0.2, 0.25) is 0 Å². The van der Waals surface area contributed by atoms with Crippen molar-refractivity contribution < 1.29 is 9.21 Å². The zero-order valence-electron chi connectivity index (χ0n) is 14.8. The number of para-hydroxylation sites is 2. The third kappa shape index (κ3) is 2.96. The van der Waals surface area contributed by atoms with E-state index in [0.29, 0.717) is 28.7 Å². The molecule has 0 bridgehead atoms. The van der Waals surface area contributed by atoms with Gasteiger partial charge in [0.05, 0.1) is 11.6 Å². The van der Waals surface area contributed by atoms with Crippen LogP contribution in [0.15, 0.2) is 57.7 Å². The van der Waals surface area contributed by atoms with Gasteiger partial charge in [0, 0.05) is 11.3 Å². The number of anilines is 1. The van der Waals surface area contributed by atoms with Gasteiger partial charge in [0.25, 0.3) is 0 Å². The van der Waals surface area contributed by atoms with Crippen molar-refractivity contribution in [1.82, 2.24) is 24.8 Å². The Morgan fingerprint density at radius 2 is 2.04 bits per heavy atom. The molecule has 0 atom stereocenters. The average Bonchev–Trinajstić information content (AvgIpc) is 3.34. The van der Waals surface area contributed by atoms with Crippen molar-refractivity contribution >= 4 is 22.7 Å². The van der Waals surface area contributed by atoms with Crippen LogP contribution in [-0.2, 0) is 11.3 Å². The van der Waals surface area contributed by atoms with Crippen LogP contribution in [0.1, 0.15) is 18.9 Å². The number of fused-ring (bicyclic) bond motifs is 1. The molecule has 4 aromatic rings. The molecule has 5 rings (SSSR count). The van der Waals surface area contributed by atoms with Gasteiger partial charge in [-0.15, -0.1) is 5.10 Å². The van der Waals surface area contributed by atoms with E-state index in [9.17, 15) is 9.59 Å². The Labute approximate surface area is 158 Å². The predicted molar refractivity (Wildman–Crippen MR) is 101 cm³/mol. The number of carbonyl (C=O) groups is 1. The van der Waals surface area contributed by atoms with E-state index in [1.807, 2.05) is 22.9 Å². The van der Waals surface area contributed by atoms with Gasteiger partial charge in [-0.05, 0) is 47.5 Å².